The quantitative estimate of drug-likeness (QED) is 0.763. The zero-order chi connectivity index (χ0) is 19.0. The molecule has 0 bridgehead atoms. The van der Waals surface area contributed by atoms with Gasteiger partial charge in [0.15, 0.2) is 5.76 Å². The number of carbonyl (C=O) groups is 1. The number of hydrogen-bond acceptors (Lipinski definition) is 7. The fraction of sp³-hybridized carbons (Fsp3) is 0.176. The number of esters is 1. The molecule has 3 N–H and O–H groups in total. The number of halogens is 2. The Morgan fingerprint density at radius 1 is 1.38 bits per heavy atom. The summed E-state index contributed by atoms with van der Waals surface area (Å²) < 4.78 is 15.7. The van der Waals surface area contributed by atoms with Crippen molar-refractivity contribution in [1.82, 2.24) is 0 Å². The molecule has 1 aliphatic rings. The highest BCUT2D eigenvalue weighted by molar-refractivity contribution is 6.42. The molecule has 0 radical (unpaired) electrons. The Bertz CT molecular complexity index is 982. The van der Waals surface area contributed by atoms with Gasteiger partial charge in [-0.3, -0.25) is 4.79 Å². The highest BCUT2D eigenvalue weighted by Crippen LogP contribution is 2.45. The van der Waals surface area contributed by atoms with Crippen LogP contribution in [0.25, 0.3) is 0 Å². The summed E-state index contributed by atoms with van der Waals surface area (Å²) in [6.45, 7) is -0.523. The Morgan fingerprint density at radius 2 is 2.12 bits per heavy atom. The van der Waals surface area contributed by atoms with E-state index < -0.39 is 23.9 Å². The van der Waals surface area contributed by atoms with Crippen LogP contribution in [0.5, 0.6) is 5.75 Å². The number of fused-ring (bicyclic) bond motifs is 1. The molecule has 3 rings (SSSR count). The summed E-state index contributed by atoms with van der Waals surface area (Å²) in [7, 11) is 1.18. The number of carbonyl (C=O) groups excluding carboxylic acids is 1. The summed E-state index contributed by atoms with van der Waals surface area (Å²) in [6, 6.07) is 5.87. The zero-order valence-corrected chi connectivity index (χ0v) is 14.9. The van der Waals surface area contributed by atoms with Crippen LogP contribution in [0.3, 0.4) is 0 Å². The number of rotatable bonds is 3. The minimum Gasteiger partial charge on any atom is -0.465 e. The van der Waals surface area contributed by atoms with Gasteiger partial charge >= 0.3 is 5.97 Å². The van der Waals surface area contributed by atoms with Crippen molar-refractivity contribution in [3.05, 3.63) is 73.1 Å². The number of nitrogens with two attached hydrogens (primary N) is 1. The van der Waals surface area contributed by atoms with Crippen molar-refractivity contribution < 1.29 is 23.8 Å². The second-order valence-electron chi connectivity index (χ2n) is 5.38. The number of methoxy groups -OCH3 is 1. The Labute approximate surface area is 157 Å². The van der Waals surface area contributed by atoms with Crippen molar-refractivity contribution in [2.24, 2.45) is 5.73 Å². The Morgan fingerprint density at radius 3 is 2.77 bits per heavy atom. The predicted molar refractivity (Wildman–Crippen MR) is 93.1 cm³/mol. The van der Waals surface area contributed by atoms with Gasteiger partial charge in [0.1, 0.15) is 17.9 Å². The Hall–Kier alpha value is -2.48. The fourth-order valence-electron chi connectivity index (χ4n) is 2.73. The van der Waals surface area contributed by atoms with Crippen LogP contribution >= 0.6 is 23.2 Å². The van der Waals surface area contributed by atoms with Crippen molar-refractivity contribution in [3.8, 4) is 5.75 Å². The van der Waals surface area contributed by atoms with Crippen LogP contribution in [0.4, 0.5) is 0 Å². The smallest absolute Gasteiger partial charge is 0.340 e. The summed E-state index contributed by atoms with van der Waals surface area (Å²) in [5.74, 6) is -2.34. The lowest BCUT2D eigenvalue weighted by molar-refractivity contribution is -0.136. The van der Waals surface area contributed by atoms with Crippen molar-refractivity contribution in [1.29, 1.82) is 0 Å². The molecule has 9 heteroatoms. The van der Waals surface area contributed by atoms with Crippen molar-refractivity contribution in [2.45, 2.75) is 12.5 Å². The Kier molecular flexibility index (Phi) is 4.95. The van der Waals surface area contributed by atoms with Crippen LogP contribution in [-0.2, 0) is 16.1 Å². The average Bonchev–Trinajstić information content (AvgIpc) is 2.63. The molecule has 136 valence electrons. The second kappa shape index (κ2) is 7.03. The van der Waals surface area contributed by atoms with Crippen molar-refractivity contribution in [3.63, 3.8) is 0 Å². The van der Waals surface area contributed by atoms with Gasteiger partial charge in [-0.05, 0) is 11.6 Å². The molecule has 0 saturated heterocycles. The normalized spacial score (nSPS) is 16.1. The molecular formula is C17H13Cl2NO6. The molecule has 1 atom stereocenters. The molecule has 0 spiro atoms. The lowest BCUT2D eigenvalue weighted by Gasteiger charge is -2.27. The first-order valence-corrected chi connectivity index (χ1v) is 8.12. The van der Waals surface area contributed by atoms with Gasteiger partial charge in [0.2, 0.25) is 17.1 Å². The zero-order valence-electron chi connectivity index (χ0n) is 13.4. The van der Waals surface area contributed by atoms with Crippen molar-refractivity contribution in [2.75, 3.05) is 7.11 Å². The van der Waals surface area contributed by atoms with E-state index in [-0.39, 0.29) is 38.8 Å². The number of ether oxygens (including phenoxy) is 2. The summed E-state index contributed by atoms with van der Waals surface area (Å²) in [5, 5.41) is 9.73. The van der Waals surface area contributed by atoms with E-state index in [4.69, 9.17) is 42.8 Å². The van der Waals surface area contributed by atoms with E-state index in [1.54, 1.807) is 18.2 Å². The first-order valence-electron chi connectivity index (χ1n) is 7.36. The summed E-state index contributed by atoms with van der Waals surface area (Å²) in [5.41, 5.74) is 5.58. The monoisotopic (exact) mass is 397 g/mol. The number of hydrogen-bond donors (Lipinski definition) is 2. The first kappa shape index (κ1) is 18.3. The molecule has 26 heavy (non-hydrogen) atoms. The Balaban J connectivity index is 2.36. The molecule has 1 unspecified atom stereocenters. The lowest BCUT2D eigenvalue weighted by atomic mass is 9.86. The largest absolute Gasteiger partial charge is 0.465 e. The van der Waals surface area contributed by atoms with Gasteiger partial charge < -0.3 is 24.7 Å². The maximum atomic E-state index is 12.3. The standard InChI is InChI=1S/C17H13Cl2NO6/c1-24-17(23)12-11(8-3-2-4-9(18)13(8)19)15-14(26-16(12)20)10(22)5-7(6-21)25-15/h2-5,11,21H,6,20H2,1H3. The van der Waals surface area contributed by atoms with E-state index in [0.29, 0.717) is 5.56 Å². The summed E-state index contributed by atoms with van der Waals surface area (Å²) in [6.07, 6.45) is 0. The minimum atomic E-state index is -1.00. The number of benzene rings is 1. The lowest BCUT2D eigenvalue weighted by Crippen LogP contribution is -2.30. The molecule has 1 aliphatic heterocycles. The third-order valence-corrected chi connectivity index (χ3v) is 4.70. The molecule has 0 saturated carbocycles. The maximum absolute atomic E-state index is 12.3. The predicted octanol–water partition coefficient (Wildman–Crippen LogP) is 2.31. The van der Waals surface area contributed by atoms with Crippen LogP contribution in [0.1, 0.15) is 23.0 Å². The third-order valence-electron chi connectivity index (χ3n) is 3.86. The molecule has 2 heterocycles. The van der Waals surface area contributed by atoms with Crippen LogP contribution in [-0.4, -0.2) is 18.2 Å². The van der Waals surface area contributed by atoms with Gasteiger partial charge in [-0.1, -0.05) is 35.3 Å². The molecule has 1 aromatic heterocycles. The van der Waals surface area contributed by atoms with Crippen LogP contribution in [0.2, 0.25) is 10.0 Å². The van der Waals surface area contributed by atoms with Crippen LogP contribution in [0, 0.1) is 0 Å². The molecule has 7 nitrogen and oxygen atoms in total. The van der Waals surface area contributed by atoms with Crippen LogP contribution < -0.4 is 15.9 Å². The average molecular weight is 398 g/mol. The summed E-state index contributed by atoms with van der Waals surface area (Å²) in [4.78, 5) is 24.6. The number of aliphatic hydroxyl groups is 1. The SMILES string of the molecule is COC(=O)C1=C(N)Oc2c(oc(CO)cc2=O)C1c1cccc(Cl)c1Cl. The van der Waals surface area contributed by atoms with Gasteiger partial charge in [0, 0.05) is 6.07 Å². The van der Waals surface area contributed by atoms with Gasteiger partial charge in [-0.25, -0.2) is 4.79 Å². The van der Waals surface area contributed by atoms with E-state index >= 15 is 0 Å². The molecule has 0 aliphatic carbocycles. The third kappa shape index (κ3) is 2.94. The molecule has 0 amide bonds. The molecule has 2 aromatic rings. The molecule has 1 aromatic carbocycles. The minimum absolute atomic E-state index is 0.00909. The van der Waals surface area contributed by atoms with E-state index in [1.165, 1.54) is 7.11 Å². The summed E-state index contributed by atoms with van der Waals surface area (Å²) >= 11 is 12.4. The highest BCUT2D eigenvalue weighted by Gasteiger charge is 2.40. The van der Waals surface area contributed by atoms with Gasteiger partial charge in [-0.2, -0.15) is 0 Å². The fourth-order valence-corrected chi connectivity index (χ4v) is 3.14. The van der Waals surface area contributed by atoms with E-state index in [1.807, 2.05) is 0 Å². The molecule has 0 fully saturated rings. The van der Waals surface area contributed by atoms with Gasteiger partial charge in [0.05, 0.1) is 23.1 Å². The van der Waals surface area contributed by atoms with E-state index in [9.17, 15) is 14.7 Å². The maximum Gasteiger partial charge on any atom is 0.340 e. The number of aliphatic hydroxyl groups excluding tert-OH is 1. The highest BCUT2D eigenvalue weighted by atomic mass is 35.5. The second-order valence-corrected chi connectivity index (χ2v) is 6.16. The topological polar surface area (TPSA) is 112 Å². The first-order chi connectivity index (χ1) is 12.4. The van der Waals surface area contributed by atoms with Gasteiger partial charge in [-0.15, -0.1) is 0 Å². The van der Waals surface area contributed by atoms with Crippen molar-refractivity contribution >= 4 is 29.2 Å². The van der Waals surface area contributed by atoms with E-state index in [0.717, 1.165) is 6.07 Å². The van der Waals surface area contributed by atoms with Crippen LogP contribution in [0.15, 0.2) is 44.9 Å². The van der Waals surface area contributed by atoms with Gasteiger partial charge in [0.25, 0.3) is 0 Å². The van der Waals surface area contributed by atoms with E-state index in [2.05, 4.69) is 0 Å². The molecular weight excluding hydrogens is 385 g/mol.